The lowest BCUT2D eigenvalue weighted by atomic mass is 10.1. The first-order valence-electron chi connectivity index (χ1n) is 5.13. The van der Waals surface area contributed by atoms with E-state index in [0.717, 1.165) is 20.1 Å². The Bertz CT molecular complexity index is 632. The molecule has 0 saturated carbocycles. The molecule has 0 aliphatic heterocycles. The number of halogens is 3. The van der Waals surface area contributed by atoms with Crippen LogP contribution in [0.15, 0.2) is 38.0 Å². The van der Waals surface area contributed by atoms with Crippen LogP contribution in [0.5, 0.6) is 0 Å². The van der Waals surface area contributed by atoms with Crippen molar-refractivity contribution in [3.63, 3.8) is 0 Å². The molecule has 1 heterocycles. The van der Waals surface area contributed by atoms with E-state index in [1.165, 1.54) is 10.7 Å². The normalized spacial score (nSPS) is 10.7. The van der Waals surface area contributed by atoms with Gasteiger partial charge in [-0.25, -0.2) is 4.68 Å². The third kappa shape index (κ3) is 2.68. The van der Waals surface area contributed by atoms with E-state index in [-0.39, 0.29) is 11.6 Å². The quantitative estimate of drug-likeness (QED) is 0.726. The van der Waals surface area contributed by atoms with Crippen molar-refractivity contribution in [2.75, 3.05) is 0 Å². The van der Waals surface area contributed by atoms with Crippen LogP contribution in [-0.4, -0.2) is 9.78 Å². The van der Waals surface area contributed by atoms with Gasteiger partial charge in [0.05, 0.1) is 5.69 Å². The molecule has 94 valence electrons. The number of hydrogen-bond donors (Lipinski definition) is 0. The summed E-state index contributed by atoms with van der Waals surface area (Å²) in [5.74, 6) is 0. The Balaban J connectivity index is 2.59. The van der Waals surface area contributed by atoms with E-state index in [0.29, 0.717) is 5.69 Å². The first-order chi connectivity index (χ1) is 8.52. The molecule has 0 N–H and O–H groups in total. The standard InChI is InChI=1S/C12H9Br2ClN2O/c1-7-9(13)4-8(5-10(7)14)11-2-3-12(18)17(6-15)16-11/h2-5H,6H2,1H3. The van der Waals surface area contributed by atoms with Crippen molar-refractivity contribution in [3.8, 4) is 11.3 Å². The van der Waals surface area contributed by atoms with E-state index in [1.807, 2.05) is 19.1 Å². The summed E-state index contributed by atoms with van der Waals surface area (Å²) < 4.78 is 3.19. The first-order valence-corrected chi connectivity index (χ1v) is 7.25. The molecule has 0 saturated heterocycles. The number of nitrogens with zero attached hydrogens (tertiary/aromatic N) is 2. The van der Waals surface area contributed by atoms with Gasteiger partial charge in [-0.05, 0) is 30.7 Å². The maximum absolute atomic E-state index is 11.4. The summed E-state index contributed by atoms with van der Waals surface area (Å²) in [5.41, 5.74) is 2.53. The van der Waals surface area contributed by atoms with Gasteiger partial charge in [-0.2, -0.15) is 5.10 Å². The van der Waals surface area contributed by atoms with Crippen molar-refractivity contribution in [2.45, 2.75) is 12.9 Å². The predicted molar refractivity (Wildman–Crippen MR) is 79.9 cm³/mol. The second-order valence-electron chi connectivity index (χ2n) is 3.74. The van der Waals surface area contributed by atoms with E-state index >= 15 is 0 Å². The van der Waals surface area contributed by atoms with Crippen LogP contribution in [0.4, 0.5) is 0 Å². The summed E-state index contributed by atoms with van der Waals surface area (Å²) >= 11 is 12.6. The highest BCUT2D eigenvalue weighted by Gasteiger charge is 2.07. The summed E-state index contributed by atoms with van der Waals surface area (Å²) in [5, 5.41) is 4.20. The summed E-state index contributed by atoms with van der Waals surface area (Å²) in [7, 11) is 0. The number of rotatable bonds is 2. The molecule has 0 spiro atoms. The Kier molecular flexibility index (Phi) is 4.25. The predicted octanol–water partition coefficient (Wildman–Crippen LogP) is 3.94. The van der Waals surface area contributed by atoms with Crippen molar-refractivity contribution >= 4 is 43.5 Å². The lowest BCUT2D eigenvalue weighted by molar-refractivity contribution is 0.691. The monoisotopic (exact) mass is 390 g/mol. The van der Waals surface area contributed by atoms with Crippen molar-refractivity contribution in [2.24, 2.45) is 0 Å². The molecular weight excluding hydrogens is 383 g/mol. The second kappa shape index (κ2) is 5.55. The molecule has 0 fully saturated rings. The Hall–Kier alpha value is -0.650. The van der Waals surface area contributed by atoms with E-state index in [1.54, 1.807) is 6.07 Å². The summed E-state index contributed by atoms with van der Waals surface area (Å²) in [6.45, 7) is 2.01. The number of benzene rings is 1. The average molecular weight is 392 g/mol. The van der Waals surface area contributed by atoms with Crippen LogP contribution in [-0.2, 0) is 6.00 Å². The molecule has 0 aliphatic rings. The number of aromatic nitrogens is 2. The van der Waals surface area contributed by atoms with Gasteiger partial charge in [0.15, 0.2) is 0 Å². The van der Waals surface area contributed by atoms with Crippen LogP contribution >= 0.6 is 43.5 Å². The zero-order chi connectivity index (χ0) is 13.3. The smallest absolute Gasteiger partial charge is 0.267 e. The fourth-order valence-electron chi connectivity index (χ4n) is 1.48. The van der Waals surface area contributed by atoms with Gasteiger partial charge in [0.25, 0.3) is 5.56 Å². The number of hydrogen-bond acceptors (Lipinski definition) is 2. The highest BCUT2D eigenvalue weighted by atomic mass is 79.9. The molecule has 18 heavy (non-hydrogen) atoms. The molecule has 1 aromatic heterocycles. The van der Waals surface area contributed by atoms with Crippen molar-refractivity contribution in [3.05, 3.63) is 49.1 Å². The van der Waals surface area contributed by atoms with Gasteiger partial charge < -0.3 is 0 Å². The van der Waals surface area contributed by atoms with Crippen LogP contribution in [0, 0.1) is 6.92 Å². The van der Waals surface area contributed by atoms with Gasteiger partial charge in [-0.3, -0.25) is 4.79 Å². The lowest BCUT2D eigenvalue weighted by Gasteiger charge is -2.08. The molecule has 0 unspecified atom stereocenters. The van der Waals surface area contributed by atoms with Gasteiger partial charge in [-0.1, -0.05) is 31.9 Å². The summed E-state index contributed by atoms with van der Waals surface area (Å²) in [6.07, 6.45) is 0. The van der Waals surface area contributed by atoms with Crippen LogP contribution in [0.1, 0.15) is 5.56 Å². The van der Waals surface area contributed by atoms with Crippen LogP contribution in [0.3, 0.4) is 0 Å². The molecule has 0 bridgehead atoms. The maximum Gasteiger partial charge on any atom is 0.267 e. The Morgan fingerprint density at radius 3 is 2.44 bits per heavy atom. The van der Waals surface area contributed by atoms with Gasteiger partial charge in [-0.15, -0.1) is 11.6 Å². The Morgan fingerprint density at radius 2 is 1.89 bits per heavy atom. The van der Waals surface area contributed by atoms with Crippen LogP contribution in [0.25, 0.3) is 11.3 Å². The highest BCUT2D eigenvalue weighted by molar-refractivity contribution is 9.11. The third-order valence-electron chi connectivity index (χ3n) is 2.56. The third-order valence-corrected chi connectivity index (χ3v) is 4.43. The van der Waals surface area contributed by atoms with Crippen molar-refractivity contribution in [1.82, 2.24) is 9.78 Å². The maximum atomic E-state index is 11.4. The molecule has 0 atom stereocenters. The van der Waals surface area contributed by atoms with E-state index in [2.05, 4.69) is 37.0 Å². The minimum absolute atomic E-state index is 0.0425. The summed E-state index contributed by atoms with van der Waals surface area (Å²) in [6, 6.07) is 7.12. The largest absolute Gasteiger partial charge is 0.268 e. The molecule has 2 rings (SSSR count). The van der Waals surface area contributed by atoms with Crippen LogP contribution in [0.2, 0.25) is 0 Å². The Labute approximate surface area is 126 Å². The molecule has 1 aromatic carbocycles. The van der Waals surface area contributed by atoms with Gasteiger partial charge >= 0.3 is 0 Å². The molecule has 2 aromatic rings. The fourth-order valence-corrected chi connectivity index (χ4v) is 2.84. The highest BCUT2D eigenvalue weighted by Crippen LogP contribution is 2.30. The van der Waals surface area contributed by atoms with Gasteiger partial charge in [0.2, 0.25) is 0 Å². The minimum Gasteiger partial charge on any atom is -0.268 e. The first kappa shape index (κ1) is 13.8. The lowest BCUT2D eigenvalue weighted by Crippen LogP contribution is -2.20. The average Bonchev–Trinajstić information content (AvgIpc) is 2.36. The Morgan fingerprint density at radius 1 is 1.28 bits per heavy atom. The molecule has 0 aliphatic carbocycles. The zero-order valence-electron chi connectivity index (χ0n) is 9.45. The van der Waals surface area contributed by atoms with Gasteiger partial charge in [0.1, 0.15) is 6.00 Å². The van der Waals surface area contributed by atoms with E-state index in [9.17, 15) is 4.79 Å². The molecule has 6 heteroatoms. The van der Waals surface area contributed by atoms with Crippen LogP contribution < -0.4 is 5.56 Å². The number of alkyl halides is 1. The molecule has 3 nitrogen and oxygen atoms in total. The van der Waals surface area contributed by atoms with E-state index in [4.69, 9.17) is 11.6 Å². The second-order valence-corrected chi connectivity index (χ2v) is 5.69. The molecule has 0 radical (unpaired) electrons. The van der Waals surface area contributed by atoms with Crippen molar-refractivity contribution in [1.29, 1.82) is 0 Å². The SMILES string of the molecule is Cc1c(Br)cc(-c2ccc(=O)n(CCl)n2)cc1Br. The molecule has 0 amide bonds. The topological polar surface area (TPSA) is 34.9 Å². The van der Waals surface area contributed by atoms with Crippen molar-refractivity contribution < 1.29 is 0 Å². The van der Waals surface area contributed by atoms with Gasteiger partial charge in [0, 0.05) is 20.6 Å². The summed E-state index contributed by atoms with van der Waals surface area (Å²) in [4.78, 5) is 11.4. The molecular formula is C12H9Br2ClN2O. The fraction of sp³-hybridized carbons (Fsp3) is 0.167. The van der Waals surface area contributed by atoms with E-state index < -0.39 is 0 Å². The zero-order valence-corrected chi connectivity index (χ0v) is 13.4. The minimum atomic E-state index is -0.209.